The van der Waals surface area contributed by atoms with Crippen molar-refractivity contribution in [1.29, 1.82) is 0 Å². The molecule has 2 aromatic rings. The molecule has 1 aromatic heterocycles. The van der Waals surface area contributed by atoms with Crippen LogP contribution in [0.4, 0.5) is 10.6 Å². The van der Waals surface area contributed by atoms with E-state index in [1.54, 1.807) is 19.4 Å². The SMILES string of the molecule is COc1ccc2cnc(NC(=O)OC(C)(C)C)cc2c1. The van der Waals surface area contributed by atoms with E-state index >= 15 is 0 Å². The predicted molar refractivity (Wildman–Crippen MR) is 78.2 cm³/mol. The van der Waals surface area contributed by atoms with Crippen molar-refractivity contribution in [2.75, 3.05) is 12.4 Å². The second-order valence-electron chi connectivity index (χ2n) is 5.41. The van der Waals surface area contributed by atoms with Crippen LogP contribution in [0.3, 0.4) is 0 Å². The van der Waals surface area contributed by atoms with Gasteiger partial charge in [-0.25, -0.2) is 9.78 Å². The summed E-state index contributed by atoms with van der Waals surface area (Å²) in [7, 11) is 1.61. The van der Waals surface area contributed by atoms with Gasteiger partial charge < -0.3 is 9.47 Å². The maximum absolute atomic E-state index is 11.7. The zero-order valence-corrected chi connectivity index (χ0v) is 12.1. The number of benzene rings is 1. The molecule has 0 aliphatic carbocycles. The molecule has 0 unspecified atom stereocenters. The number of hydrogen-bond acceptors (Lipinski definition) is 4. The number of pyridine rings is 1. The summed E-state index contributed by atoms with van der Waals surface area (Å²) in [4.78, 5) is 15.9. The minimum Gasteiger partial charge on any atom is -0.497 e. The van der Waals surface area contributed by atoms with Gasteiger partial charge in [0.05, 0.1) is 7.11 Å². The molecule has 0 aliphatic rings. The number of fused-ring (bicyclic) bond motifs is 1. The van der Waals surface area contributed by atoms with E-state index in [0.29, 0.717) is 5.82 Å². The molecule has 2 rings (SSSR count). The Morgan fingerprint density at radius 1 is 1.20 bits per heavy atom. The summed E-state index contributed by atoms with van der Waals surface area (Å²) in [6, 6.07) is 7.45. The molecule has 1 heterocycles. The fourth-order valence-corrected chi connectivity index (χ4v) is 1.72. The Kier molecular flexibility index (Phi) is 3.79. The number of amides is 1. The third-order valence-electron chi connectivity index (χ3n) is 2.56. The third kappa shape index (κ3) is 3.60. The molecule has 5 heteroatoms. The molecule has 0 fully saturated rings. The first-order valence-electron chi connectivity index (χ1n) is 6.31. The number of carbonyl (C=O) groups is 1. The molecular weight excluding hydrogens is 256 g/mol. The minimum absolute atomic E-state index is 0.444. The molecular formula is C15H18N2O3. The summed E-state index contributed by atoms with van der Waals surface area (Å²) in [5, 5.41) is 4.52. The molecule has 0 atom stereocenters. The van der Waals surface area contributed by atoms with Crippen molar-refractivity contribution in [3.05, 3.63) is 30.5 Å². The summed E-state index contributed by atoms with van der Waals surface area (Å²) in [5.41, 5.74) is -0.538. The molecule has 0 spiro atoms. The lowest BCUT2D eigenvalue weighted by Gasteiger charge is -2.19. The maximum Gasteiger partial charge on any atom is 0.413 e. The van der Waals surface area contributed by atoms with Gasteiger partial charge in [-0.1, -0.05) is 0 Å². The monoisotopic (exact) mass is 274 g/mol. The lowest BCUT2D eigenvalue weighted by Crippen LogP contribution is -2.27. The van der Waals surface area contributed by atoms with Gasteiger partial charge in [0.1, 0.15) is 17.2 Å². The number of rotatable bonds is 2. The van der Waals surface area contributed by atoms with Crippen molar-refractivity contribution in [3.8, 4) is 5.75 Å². The second kappa shape index (κ2) is 5.36. The normalized spacial score (nSPS) is 11.2. The van der Waals surface area contributed by atoms with Crippen LogP contribution < -0.4 is 10.1 Å². The molecule has 5 nitrogen and oxygen atoms in total. The van der Waals surface area contributed by atoms with Crippen molar-refractivity contribution in [1.82, 2.24) is 4.98 Å². The van der Waals surface area contributed by atoms with Crippen molar-refractivity contribution in [2.24, 2.45) is 0 Å². The van der Waals surface area contributed by atoms with Gasteiger partial charge in [-0.05, 0) is 50.4 Å². The summed E-state index contributed by atoms with van der Waals surface area (Å²) in [6.07, 6.45) is 1.17. The van der Waals surface area contributed by atoms with E-state index in [0.717, 1.165) is 16.5 Å². The lowest BCUT2D eigenvalue weighted by atomic mass is 10.1. The molecule has 0 saturated heterocycles. The highest BCUT2D eigenvalue weighted by Gasteiger charge is 2.16. The molecule has 0 saturated carbocycles. The van der Waals surface area contributed by atoms with E-state index in [1.807, 2.05) is 39.0 Å². The Morgan fingerprint density at radius 2 is 1.95 bits per heavy atom. The van der Waals surface area contributed by atoms with Gasteiger partial charge in [-0.2, -0.15) is 0 Å². The maximum atomic E-state index is 11.7. The number of hydrogen-bond donors (Lipinski definition) is 1. The molecule has 20 heavy (non-hydrogen) atoms. The zero-order valence-electron chi connectivity index (χ0n) is 12.1. The van der Waals surface area contributed by atoms with Gasteiger partial charge in [-0.3, -0.25) is 5.32 Å². The van der Waals surface area contributed by atoms with Crippen LogP contribution in [0.1, 0.15) is 20.8 Å². The van der Waals surface area contributed by atoms with Crippen molar-refractivity contribution >= 4 is 22.7 Å². The second-order valence-corrected chi connectivity index (χ2v) is 5.41. The standard InChI is InChI=1S/C15H18N2O3/c1-15(2,3)20-14(18)17-13-8-11-7-12(19-4)6-5-10(11)9-16-13/h5-9H,1-4H3,(H,16,17,18). The quantitative estimate of drug-likeness (QED) is 0.909. The van der Waals surface area contributed by atoms with E-state index in [1.165, 1.54) is 0 Å². The summed E-state index contributed by atoms with van der Waals surface area (Å²) in [6.45, 7) is 5.43. The van der Waals surface area contributed by atoms with Gasteiger partial charge >= 0.3 is 6.09 Å². The number of anilines is 1. The first kappa shape index (κ1) is 14.1. The Morgan fingerprint density at radius 3 is 2.60 bits per heavy atom. The minimum atomic E-state index is -0.538. The highest BCUT2D eigenvalue weighted by Crippen LogP contribution is 2.22. The van der Waals surface area contributed by atoms with Crippen LogP contribution in [-0.4, -0.2) is 23.8 Å². The van der Waals surface area contributed by atoms with Gasteiger partial charge in [0.2, 0.25) is 0 Å². The van der Waals surface area contributed by atoms with Crippen LogP contribution in [0.2, 0.25) is 0 Å². The van der Waals surface area contributed by atoms with Crippen LogP contribution in [-0.2, 0) is 4.74 Å². The van der Waals surface area contributed by atoms with Crippen LogP contribution in [0, 0.1) is 0 Å². The number of nitrogens with one attached hydrogen (secondary N) is 1. The molecule has 1 aromatic carbocycles. The Labute approximate surface area is 117 Å². The van der Waals surface area contributed by atoms with Crippen LogP contribution in [0.15, 0.2) is 30.5 Å². The molecule has 0 aliphatic heterocycles. The highest BCUT2D eigenvalue weighted by molar-refractivity contribution is 5.89. The average molecular weight is 274 g/mol. The average Bonchev–Trinajstić information content (AvgIpc) is 2.35. The van der Waals surface area contributed by atoms with Gasteiger partial charge in [-0.15, -0.1) is 0 Å². The van der Waals surface area contributed by atoms with Crippen LogP contribution in [0.5, 0.6) is 5.75 Å². The third-order valence-corrected chi connectivity index (χ3v) is 2.56. The van der Waals surface area contributed by atoms with E-state index in [4.69, 9.17) is 9.47 Å². The fourth-order valence-electron chi connectivity index (χ4n) is 1.72. The van der Waals surface area contributed by atoms with Gasteiger partial charge in [0.25, 0.3) is 0 Å². The lowest BCUT2D eigenvalue weighted by molar-refractivity contribution is 0.0635. The Balaban J connectivity index is 2.20. The largest absolute Gasteiger partial charge is 0.497 e. The topological polar surface area (TPSA) is 60.5 Å². The number of aromatic nitrogens is 1. The molecule has 0 radical (unpaired) electrons. The smallest absolute Gasteiger partial charge is 0.413 e. The Hall–Kier alpha value is -2.30. The molecule has 1 amide bonds. The number of nitrogens with zero attached hydrogens (tertiary/aromatic N) is 1. The van der Waals surface area contributed by atoms with Crippen LogP contribution >= 0.6 is 0 Å². The summed E-state index contributed by atoms with van der Waals surface area (Å²) >= 11 is 0. The number of carbonyl (C=O) groups excluding carboxylic acids is 1. The fraction of sp³-hybridized carbons (Fsp3) is 0.333. The van der Waals surface area contributed by atoms with Gasteiger partial charge in [0.15, 0.2) is 0 Å². The van der Waals surface area contributed by atoms with E-state index in [-0.39, 0.29) is 0 Å². The highest BCUT2D eigenvalue weighted by atomic mass is 16.6. The van der Waals surface area contributed by atoms with E-state index in [9.17, 15) is 4.79 Å². The number of ether oxygens (including phenoxy) is 2. The van der Waals surface area contributed by atoms with Crippen molar-refractivity contribution in [3.63, 3.8) is 0 Å². The molecule has 0 bridgehead atoms. The summed E-state index contributed by atoms with van der Waals surface area (Å²) in [5.74, 6) is 1.20. The van der Waals surface area contributed by atoms with Crippen LogP contribution in [0.25, 0.3) is 10.8 Å². The molecule has 106 valence electrons. The Bertz CT molecular complexity index is 633. The number of methoxy groups -OCH3 is 1. The van der Waals surface area contributed by atoms with Gasteiger partial charge in [0, 0.05) is 11.6 Å². The first-order valence-corrected chi connectivity index (χ1v) is 6.31. The molecule has 1 N–H and O–H groups in total. The van der Waals surface area contributed by atoms with Crippen molar-refractivity contribution in [2.45, 2.75) is 26.4 Å². The van der Waals surface area contributed by atoms with E-state index < -0.39 is 11.7 Å². The van der Waals surface area contributed by atoms with Crippen molar-refractivity contribution < 1.29 is 14.3 Å². The van der Waals surface area contributed by atoms with E-state index in [2.05, 4.69) is 10.3 Å². The first-order chi connectivity index (χ1) is 9.37. The predicted octanol–water partition coefficient (Wildman–Crippen LogP) is 3.59. The summed E-state index contributed by atoms with van der Waals surface area (Å²) < 4.78 is 10.4. The zero-order chi connectivity index (χ0) is 14.8.